The number of amidine groups is 1. The van der Waals surface area contributed by atoms with E-state index in [0.717, 1.165) is 22.4 Å². The van der Waals surface area contributed by atoms with E-state index in [9.17, 15) is 0 Å². The summed E-state index contributed by atoms with van der Waals surface area (Å²) in [7, 11) is 1.66. The van der Waals surface area contributed by atoms with Crippen LogP contribution in [0.3, 0.4) is 0 Å². The molecule has 1 aromatic carbocycles. The number of hydrogen-bond donors (Lipinski definition) is 2. The van der Waals surface area contributed by atoms with Gasteiger partial charge in [0, 0.05) is 11.1 Å². The Morgan fingerprint density at radius 3 is 2.25 bits per heavy atom. The predicted molar refractivity (Wildman–Crippen MR) is 67.4 cm³/mol. The topological polar surface area (TPSA) is 59.1 Å². The lowest BCUT2D eigenvalue weighted by Gasteiger charge is -2.23. The van der Waals surface area contributed by atoms with Gasteiger partial charge < -0.3 is 10.5 Å². The van der Waals surface area contributed by atoms with Crippen LogP contribution >= 0.6 is 0 Å². The first-order valence-electron chi connectivity index (χ1n) is 5.31. The summed E-state index contributed by atoms with van der Waals surface area (Å²) >= 11 is 0. The Labute approximate surface area is 97.1 Å². The number of benzene rings is 1. The largest absolute Gasteiger partial charge is 0.496 e. The lowest BCUT2D eigenvalue weighted by atomic mass is 9.84. The molecule has 0 fully saturated rings. The molecule has 3 N–H and O–H groups in total. The Hall–Kier alpha value is -1.51. The fraction of sp³-hybridized carbons (Fsp3) is 0.462. The Morgan fingerprint density at radius 1 is 1.31 bits per heavy atom. The van der Waals surface area contributed by atoms with E-state index in [0.29, 0.717) is 0 Å². The maximum absolute atomic E-state index is 7.54. The van der Waals surface area contributed by atoms with Crippen molar-refractivity contribution in [3.05, 3.63) is 28.8 Å². The number of aryl methyl sites for hydroxylation is 1. The third-order valence-corrected chi connectivity index (χ3v) is 2.64. The second kappa shape index (κ2) is 4.16. The van der Waals surface area contributed by atoms with Crippen LogP contribution < -0.4 is 10.5 Å². The van der Waals surface area contributed by atoms with Crippen molar-refractivity contribution in [1.29, 1.82) is 5.41 Å². The van der Waals surface area contributed by atoms with Crippen molar-refractivity contribution < 1.29 is 4.74 Å². The first kappa shape index (κ1) is 12.6. The third kappa shape index (κ3) is 2.35. The summed E-state index contributed by atoms with van der Waals surface area (Å²) in [4.78, 5) is 0. The third-order valence-electron chi connectivity index (χ3n) is 2.64. The van der Waals surface area contributed by atoms with Gasteiger partial charge in [0.15, 0.2) is 0 Å². The number of nitrogens with one attached hydrogen (secondary N) is 1. The molecule has 88 valence electrons. The minimum atomic E-state index is -0.0246. The Kier molecular flexibility index (Phi) is 3.27. The van der Waals surface area contributed by atoms with Crippen molar-refractivity contribution in [1.82, 2.24) is 0 Å². The van der Waals surface area contributed by atoms with Gasteiger partial charge in [0.05, 0.1) is 7.11 Å². The fourth-order valence-corrected chi connectivity index (χ4v) is 1.73. The highest BCUT2D eigenvalue weighted by Gasteiger charge is 2.20. The van der Waals surface area contributed by atoms with E-state index in [1.807, 2.05) is 19.1 Å². The van der Waals surface area contributed by atoms with Crippen LogP contribution in [0.4, 0.5) is 0 Å². The molecule has 0 bridgehead atoms. The highest BCUT2D eigenvalue weighted by Crippen LogP contribution is 2.33. The monoisotopic (exact) mass is 220 g/mol. The molecule has 0 aliphatic carbocycles. The molecule has 0 amide bonds. The minimum Gasteiger partial charge on any atom is -0.496 e. The summed E-state index contributed by atoms with van der Waals surface area (Å²) < 4.78 is 5.38. The van der Waals surface area contributed by atoms with Crippen LogP contribution in [0.1, 0.15) is 37.5 Å². The van der Waals surface area contributed by atoms with E-state index in [1.165, 1.54) is 0 Å². The molecular weight excluding hydrogens is 200 g/mol. The summed E-state index contributed by atoms with van der Waals surface area (Å²) in [5.41, 5.74) is 8.36. The van der Waals surface area contributed by atoms with Crippen LogP contribution in [-0.4, -0.2) is 12.9 Å². The quantitative estimate of drug-likeness (QED) is 0.594. The number of nitrogens with two attached hydrogens (primary N) is 1. The molecule has 1 rings (SSSR count). The molecule has 0 saturated carbocycles. The van der Waals surface area contributed by atoms with E-state index >= 15 is 0 Å². The van der Waals surface area contributed by atoms with Crippen LogP contribution in [0.2, 0.25) is 0 Å². The number of hydrogen-bond acceptors (Lipinski definition) is 2. The lowest BCUT2D eigenvalue weighted by Crippen LogP contribution is -2.18. The van der Waals surface area contributed by atoms with Crippen LogP contribution in [0.5, 0.6) is 5.75 Å². The molecule has 0 aliphatic rings. The summed E-state index contributed by atoms with van der Waals surface area (Å²) in [5, 5.41) is 7.54. The van der Waals surface area contributed by atoms with Gasteiger partial charge in [-0.25, -0.2) is 0 Å². The summed E-state index contributed by atoms with van der Waals surface area (Å²) in [6.07, 6.45) is 0. The molecule has 0 spiro atoms. The molecule has 0 heterocycles. The van der Waals surface area contributed by atoms with Gasteiger partial charge >= 0.3 is 0 Å². The van der Waals surface area contributed by atoms with Crippen LogP contribution in [-0.2, 0) is 5.41 Å². The minimum absolute atomic E-state index is 0.0246. The molecule has 3 nitrogen and oxygen atoms in total. The van der Waals surface area contributed by atoms with Crippen molar-refractivity contribution >= 4 is 5.84 Å². The maximum Gasteiger partial charge on any atom is 0.123 e. The second-order valence-corrected chi connectivity index (χ2v) is 5.03. The van der Waals surface area contributed by atoms with Crippen molar-refractivity contribution in [3.8, 4) is 5.75 Å². The highest BCUT2D eigenvalue weighted by atomic mass is 16.5. The SMILES string of the molecule is COc1cc(C)c(C(=N)N)cc1C(C)(C)C. The van der Waals surface area contributed by atoms with Gasteiger partial charge in [0.2, 0.25) is 0 Å². The summed E-state index contributed by atoms with van der Waals surface area (Å²) in [5.74, 6) is 0.959. The molecule has 0 aromatic heterocycles. The molecule has 0 unspecified atom stereocenters. The van der Waals surface area contributed by atoms with Gasteiger partial charge in [0.1, 0.15) is 11.6 Å². The van der Waals surface area contributed by atoms with E-state index in [4.69, 9.17) is 15.9 Å². The standard InChI is InChI=1S/C13H20N2O/c1-8-6-11(16-5)10(13(2,3)4)7-9(8)12(14)15/h6-7H,1-5H3,(H3,14,15). The molecule has 3 heteroatoms. The van der Waals surface area contributed by atoms with E-state index in [2.05, 4.69) is 20.8 Å². The van der Waals surface area contributed by atoms with Crippen LogP contribution in [0, 0.1) is 12.3 Å². The average Bonchev–Trinajstić information content (AvgIpc) is 2.14. The van der Waals surface area contributed by atoms with Gasteiger partial charge in [0.25, 0.3) is 0 Å². The Morgan fingerprint density at radius 2 is 1.88 bits per heavy atom. The van der Waals surface area contributed by atoms with Crippen molar-refractivity contribution in [2.75, 3.05) is 7.11 Å². The molecular formula is C13H20N2O. The zero-order valence-electron chi connectivity index (χ0n) is 10.6. The van der Waals surface area contributed by atoms with E-state index < -0.39 is 0 Å². The maximum atomic E-state index is 7.54. The normalized spacial score (nSPS) is 11.3. The molecule has 0 aliphatic heterocycles. The first-order valence-corrected chi connectivity index (χ1v) is 5.31. The summed E-state index contributed by atoms with van der Waals surface area (Å²) in [6, 6.07) is 3.90. The number of rotatable bonds is 2. The summed E-state index contributed by atoms with van der Waals surface area (Å²) in [6.45, 7) is 8.28. The van der Waals surface area contributed by atoms with Gasteiger partial charge in [-0.15, -0.1) is 0 Å². The van der Waals surface area contributed by atoms with Crippen molar-refractivity contribution in [2.24, 2.45) is 5.73 Å². The van der Waals surface area contributed by atoms with Crippen molar-refractivity contribution in [3.63, 3.8) is 0 Å². The van der Waals surface area contributed by atoms with Gasteiger partial charge in [-0.2, -0.15) is 0 Å². The van der Waals surface area contributed by atoms with Crippen molar-refractivity contribution in [2.45, 2.75) is 33.1 Å². The zero-order chi connectivity index (χ0) is 12.5. The highest BCUT2D eigenvalue weighted by molar-refractivity contribution is 5.96. The molecule has 0 radical (unpaired) electrons. The zero-order valence-corrected chi connectivity index (χ0v) is 10.6. The Balaban J connectivity index is 3.47. The molecule has 16 heavy (non-hydrogen) atoms. The van der Waals surface area contributed by atoms with Gasteiger partial charge in [-0.3, -0.25) is 5.41 Å². The van der Waals surface area contributed by atoms with Crippen LogP contribution in [0.15, 0.2) is 12.1 Å². The lowest BCUT2D eigenvalue weighted by molar-refractivity contribution is 0.397. The first-order chi connectivity index (χ1) is 7.27. The fourth-order valence-electron chi connectivity index (χ4n) is 1.73. The number of nitrogen functional groups attached to an aromatic ring is 1. The van der Waals surface area contributed by atoms with E-state index in [-0.39, 0.29) is 11.3 Å². The average molecular weight is 220 g/mol. The molecule has 0 saturated heterocycles. The van der Waals surface area contributed by atoms with Gasteiger partial charge in [-0.05, 0) is 30.0 Å². The molecule has 0 atom stereocenters. The van der Waals surface area contributed by atoms with Gasteiger partial charge in [-0.1, -0.05) is 20.8 Å². The number of methoxy groups -OCH3 is 1. The van der Waals surface area contributed by atoms with Crippen LogP contribution in [0.25, 0.3) is 0 Å². The second-order valence-electron chi connectivity index (χ2n) is 5.03. The number of ether oxygens (including phenoxy) is 1. The smallest absolute Gasteiger partial charge is 0.123 e. The van der Waals surface area contributed by atoms with E-state index in [1.54, 1.807) is 7.11 Å². The predicted octanol–water partition coefficient (Wildman–Crippen LogP) is 2.59. The molecule has 1 aromatic rings. The Bertz CT molecular complexity index is 417.